The van der Waals surface area contributed by atoms with Gasteiger partial charge >= 0.3 is 0 Å². The van der Waals surface area contributed by atoms with Crippen LogP contribution in [0.1, 0.15) is 39.2 Å². The van der Waals surface area contributed by atoms with E-state index in [9.17, 15) is 0 Å². The fourth-order valence-electron chi connectivity index (χ4n) is 2.85. The molecule has 1 heterocycles. The van der Waals surface area contributed by atoms with Gasteiger partial charge in [0.05, 0.1) is 0 Å². The number of hydrogen-bond donors (Lipinski definition) is 1. The van der Waals surface area contributed by atoms with E-state index in [1.165, 1.54) is 18.4 Å². The lowest BCUT2D eigenvalue weighted by atomic mass is 9.69. The quantitative estimate of drug-likeness (QED) is 0.820. The maximum absolute atomic E-state index is 6.36. The molecule has 1 fully saturated rings. The highest BCUT2D eigenvalue weighted by Gasteiger charge is 2.43. The van der Waals surface area contributed by atoms with Crippen LogP contribution >= 0.6 is 27.5 Å². The Morgan fingerprint density at radius 2 is 2.11 bits per heavy atom. The van der Waals surface area contributed by atoms with Crippen LogP contribution in [0.25, 0.3) is 0 Å². The lowest BCUT2D eigenvalue weighted by Gasteiger charge is -2.43. The number of halogens is 2. The second-order valence-electron chi connectivity index (χ2n) is 6.27. The first kappa shape index (κ1) is 14.4. The molecule has 1 unspecified atom stereocenters. The summed E-state index contributed by atoms with van der Waals surface area (Å²) in [5.41, 5.74) is 1.65. The van der Waals surface area contributed by atoms with Crippen LogP contribution in [0, 0.1) is 5.41 Å². The molecule has 0 amide bonds. The lowest BCUT2D eigenvalue weighted by Crippen LogP contribution is -2.52. The van der Waals surface area contributed by atoms with Crippen molar-refractivity contribution in [2.24, 2.45) is 5.41 Å². The largest absolute Gasteiger partial charge is 0.310 e. The highest BCUT2D eigenvalue weighted by atomic mass is 79.9. The van der Waals surface area contributed by atoms with Gasteiger partial charge in [-0.2, -0.15) is 0 Å². The lowest BCUT2D eigenvalue weighted by molar-refractivity contribution is 0.159. The van der Waals surface area contributed by atoms with E-state index in [2.05, 4.69) is 54.2 Å². The molecule has 1 aliphatic heterocycles. The molecule has 0 radical (unpaired) electrons. The van der Waals surface area contributed by atoms with E-state index in [0.29, 0.717) is 0 Å². The van der Waals surface area contributed by atoms with Gasteiger partial charge in [0.1, 0.15) is 0 Å². The predicted octanol–water partition coefficient (Wildman–Crippen LogP) is 4.81. The average Bonchev–Trinajstić information content (AvgIpc) is 2.71. The summed E-state index contributed by atoms with van der Waals surface area (Å²) >= 11 is 9.82. The number of hydrogen-bond acceptors (Lipinski definition) is 1. The Hall–Kier alpha value is -0.0500. The molecule has 1 nitrogen and oxygen atoms in total. The number of rotatable bonds is 2. The SMILES string of the molecule is CC(C)(C)C1(Cc2ccc(Br)cc2Cl)CCCN1. The maximum atomic E-state index is 6.36. The minimum absolute atomic E-state index is 0.171. The van der Waals surface area contributed by atoms with Crippen LogP contribution in [-0.4, -0.2) is 12.1 Å². The molecule has 18 heavy (non-hydrogen) atoms. The second-order valence-corrected chi connectivity index (χ2v) is 7.60. The van der Waals surface area contributed by atoms with Crippen LogP contribution in [0.5, 0.6) is 0 Å². The Morgan fingerprint density at radius 1 is 1.39 bits per heavy atom. The third-order valence-electron chi connectivity index (χ3n) is 4.19. The van der Waals surface area contributed by atoms with Crippen molar-refractivity contribution in [1.82, 2.24) is 5.32 Å². The van der Waals surface area contributed by atoms with E-state index in [0.717, 1.165) is 22.5 Å². The average molecular weight is 331 g/mol. The molecule has 2 rings (SSSR count). The van der Waals surface area contributed by atoms with Crippen LogP contribution in [0.3, 0.4) is 0 Å². The van der Waals surface area contributed by atoms with Gasteiger partial charge in [0.2, 0.25) is 0 Å². The molecule has 1 N–H and O–H groups in total. The van der Waals surface area contributed by atoms with E-state index >= 15 is 0 Å². The van der Waals surface area contributed by atoms with Crippen LogP contribution in [-0.2, 0) is 6.42 Å². The molecule has 1 aromatic carbocycles. The number of nitrogens with one attached hydrogen (secondary N) is 1. The monoisotopic (exact) mass is 329 g/mol. The third-order valence-corrected chi connectivity index (χ3v) is 5.03. The van der Waals surface area contributed by atoms with Gasteiger partial charge in [-0.25, -0.2) is 0 Å². The van der Waals surface area contributed by atoms with E-state index in [-0.39, 0.29) is 11.0 Å². The Balaban J connectivity index is 2.30. The Kier molecular flexibility index (Phi) is 4.10. The van der Waals surface area contributed by atoms with Crippen molar-refractivity contribution in [2.75, 3.05) is 6.54 Å². The van der Waals surface area contributed by atoms with Crippen molar-refractivity contribution < 1.29 is 0 Å². The summed E-state index contributed by atoms with van der Waals surface area (Å²) in [5, 5.41) is 4.59. The van der Waals surface area contributed by atoms with Crippen LogP contribution < -0.4 is 5.32 Å². The predicted molar refractivity (Wildman–Crippen MR) is 82.3 cm³/mol. The summed E-state index contributed by atoms with van der Waals surface area (Å²) in [6.45, 7) is 8.07. The van der Waals surface area contributed by atoms with Gasteiger partial charge in [-0.05, 0) is 48.9 Å². The molecule has 1 saturated heterocycles. The Labute approximate surface area is 123 Å². The topological polar surface area (TPSA) is 12.0 Å². The summed E-state index contributed by atoms with van der Waals surface area (Å²) in [4.78, 5) is 0. The molecule has 1 aliphatic rings. The Morgan fingerprint density at radius 3 is 2.61 bits per heavy atom. The first-order valence-corrected chi connectivity index (χ1v) is 7.70. The zero-order chi connectivity index (χ0) is 13.4. The van der Waals surface area contributed by atoms with Gasteiger partial charge in [0, 0.05) is 15.0 Å². The summed E-state index contributed by atoms with van der Waals surface area (Å²) in [6.07, 6.45) is 3.48. The molecule has 0 aromatic heterocycles. The normalized spacial score (nSPS) is 24.5. The zero-order valence-corrected chi connectivity index (χ0v) is 13.7. The van der Waals surface area contributed by atoms with E-state index < -0.39 is 0 Å². The van der Waals surface area contributed by atoms with Crippen LogP contribution in [0.4, 0.5) is 0 Å². The van der Waals surface area contributed by atoms with Crippen molar-refractivity contribution in [3.8, 4) is 0 Å². The van der Waals surface area contributed by atoms with Crippen molar-refractivity contribution in [2.45, 2.75) is 45.6 Å². The standard InChI is InChI=1S/C15H21BrClN/c1-14(2,3)15(7-4-8-18-15)10-11-5-6-12(16)9-13(11)17/h5-6,9,18H,4,7-8,10H2,1-3H3. The van der Waals surface area contributed by atoms with Crippen molar-refractivity contribution in [3.63, 3.8) is 0 Å². The molecule has 1 aromatic rings. The van der Waals surface area contributed by atoms with Gasteiger partial charge in [0.25, 0.3) is 0 Å². The smallest absolute Gasteiger partial charge is 0.0449 e. The fourth-order valence-corrected chi connectivity index (χ4v) is 3.59. The van der Waals surface area contributed by atoms with Gasteiger partial charge in [-0.15, -0.1) is 0 Å². The summed E-state index contributed by atoms with van der Waals surface area (Å²) in [5.74, 6) is 0. The van der Waals surface area contributed by atoms with Gasteiger partial charge in [0.15, 0.2) is 0 Å². The summed E-state index contributed by atoms with van der Waals surface area (Å²) in [6, 6.07) is 6.20. The van der Waals surface area contributed by atoms with Gasteiger partial charge in [-0.1, -0.05) is 54.4 Å². The summed E-state index contributed by atoms with van der Waals surface area (Å²) < 4.78 is 1.04. The van der Waals surface area contributed by atoms with Crippen molar-refractivity contribution >= 4 is 27.5 Å². The molecular weight excluding hydrogens is 310 g/mol. The minimum Gasteiger partial charge on any atom is -0.310 e. The molecular formula is C15H21BrClN. The highest BCUT2D eigenvalue weighted by molar-refractivity contribution is 9.10. The highest BCUT2D eigenvalue weighted by Crippen LogP contribution is 2.41. The van der Waals surface area contributed by atoms with Crippen LogP contribution in [0.15, 0.2) is 22.7 Å². The van der Waals surface area contributed by atoms with E-state index in [1.807, 2.05) is 6.07 Å². The van der Waals surface area contributed by atoms with Gasteiger partial charge in [-0.3, -0.25) is 0 Å². The number of benzene rings is 1. The van der Waals surface area contributed by atoms with Crippen LogP contribution in [0.2, 0.25) is 5.02 Å². The fraction of sp³-hybridized carbons (Fsp3) is 0.600. The molecule has 3 heteroatoms. The van der Waals surface area contributed by atoms with E-state index in [1.54, 1.807) is 0 Å². The minimum atomic E-state index is 0.171. The summed E-state index contributed by atoms with van der Waals surface area (Å²) in [7, 11) is 0. The zero-order valence-electron chi connectivity index (χ0n) is 11.3. The Bertz CT molecular complexity index is 431. The first-order chi connectivity index (χ1) is 8.34. The molecule has 1 atom stereocenters. The molecule has 0 bridgehead atoms. The van der Waals surface area contributed by atoms with Crippen molar-refractivity contribution in [1.29, 1.82) is 0 Å². The molecule has 0 saturated carbocycles. The van der Waals surface area contributed by atoms with Gasteiger partial charge < -0.3 is 5.32 Å². The van der Waals surface area contributed by atoms with Crippen molar-refractivity contribution in [3.05, 3.63) is 33.3 Å². The van der Waals surface area contributed by atoms with E-state index in [4.69, 9.17) is 11.6 Å². The third kappa shape index (κ3) is 2.76. The molecule has 100 valence electrons. The molecule has 0 aliphatic carbocycles. The maximum Gasteiger partial charge on any atom is 0.0449 e. The second kappa shape index (κ2) is 5.15. The molecule has 0 spiro atoms. The first-order valence-electron chi connectivity index (χ1n) is 6.53.